The maximum Gasteiger partial charge on any atom is 0.357 e. The van der Waals surface area contributed by atoms with E-state index >= 15 is 0 Å². The van der Waals surface area contributed by atoms with Crippen LogP contribution >= 0.6 is 15.9 Å². The normalized spacial score (nSPS) is 10.1. The summed E-state index contributed by atoms with van der Waals surface area (Å²) in [5, 5.41) is 0. The van der Waals surface area contributed by atoms with E-state index in [1.165, 1.54) is 7.11 Å². The number of carbonyl (C=O) groups excluding carboxylic acids is 1. The molecule has 0 fully saturated rings. The van der Waals surface area contributed by atoms with Crippen molar-refractivity contribution in [3.8, 4) is 0 Å². The Balaban J connectivity index is 3.13. The summed E-state index contributed by atoms with van der Waals surface area (Å²) in [6, 6.07) is 1.94. The third-order valence-electron chi connectivity index (χ3n) is 2.17. The molecule has 15 heavy (non-hydrogen) atoms. The number of nitrogens with zero attached hydrogens (tertiary/aromatic N) is 1. The number of hydrogen-bond acceptors (Lipinski definition) is 3. The van der Waals surface area contributed by atoms with Crippen molar-refractivity contribution in [1.82, 2.24) is 4.98 Å². The lowest BCUT2D eigenvalue weighted by Gasteiger charge is -2.07. The van der Waals surface area contributed by atoms with Crippen molar-refractivity contribution in [2.75, 3.05) is 7.11 Å². The molecule has 0 amide bonds. The minimum Gasteiger partial charge on any atom is -0.464 e. The summed E-state index contributed by atoms with van der Waals surface area (Å²) in [5.41, 5.74) is 2.40. The monoisotopic (exact) mass is 271 g/mol. The zero-order chi connectivity index (χ0) is 11.4. The van der Waals surface area contributed by atoms with Gasteiger partial charge in [0.25, 0.3) is 0 Å². The van der Waals surface area contributed by atoms with E-state index in [1.54, 1.807) is 0 Å². The van der Waals surface area contributed by atoms with Crippen LogP contribution in [-0.2, 0) is 11.2 Å². The number of aromatic nitrogens is 1. The number of pyridine rings is 1. The Kier molecular flexibility index (Phi) is 4.27. The lowest BCUT2D eigenvalue weighted by atomic mass is 10.1. The molecule has 0 bridgehead atoms. The zero-order valence-electron chi connectivity index (χ0n) is 9.13. The maximum absolute atomic E-state index is 11.3. The van der Waals surface area contributed by atoms with Gasteiger partial charge in [-0.05, 0) is 40.9 Å². The van der Waals surface area contributed by atoms with Gasteiger partial charge in [-0.1, -0.05) is 13.3 Å². The van der Waals surface area contributed by atoms with E-state index in [-0.39, 0.29) is 0 Å². The minimum absolute atomic E-state index is 0.342. The average Bonchev–Trinajstić information content (AvgIpc) is 2.22. The standard InChI is InChI=1S/C11H14BrNO2/c1-4-5-8-6-9(12)10(11(14)15-3)13-7(8)2/h6H,4-5H2,1-3H3. The van der Waals surface area contributed by atoms with E-state index in [4.69, 9.17) is 0 Å². The van der Waals surface area contributed by atoms with Gasteiger partial charge in [0.15, 0.2) is 5.69 Å². The highest BCUT2D eigenvalue weighted by molar-refractivity contribution is 9.10. The number of carbonyl (C=O) groups is 1. The summed E-state index contributed by atoms with van der Waals surface area (Å²) < 4.78 is 5.34. The first-order chi connectivity index (χ1) is 7.10. The number of rotatable bonds is 3. The minimum atomic E-state index is -0.409. The smallest absolute Gasteiger partial charge is 0.357 e. The second-order valence-corrected chi connectivity index (χ2v) is 4.16. The molecule has 0 unspecified atom stereocenters. The molecule has 0 saturated heterocycles. The Bertz CT molecular complexity index is 377. The van der Waals surface area contributed by atoms with Crippen molar-refractivity contribution in [3.05, 3.63) is 27.5 Å². The van der Waals surface area contributed by atoms with Crippen LogP contribution in [0.1, 0.15) is 35.1 Å². The first-order valence-corrected chi connectivity index (χ1v) is 5.63. The van der Waals surface area contributed by atoms with E-state index in [0.717, 1.165) is 24.1 Å². The number of esters is 1. The van der Waals surface area contributed by atoms with Crippen molar-refractivity contribution in [2.45, 2.75) is 26.7 Å². The molecule has 0 atom stereocenters. The number of ether oxygens (including phenoxy) is 1. The van der Waals surface area contributed by atoms with Crippen molar-refractivity contribution in [3.63, 3.8) is 0 Å². The molecular weight excluding hydrogens is 258 g/mol. The van der Waals surface area contributed by atoms with Crippen LogP contribution in [0.25, 0.3) is 0 Å². The quantitative estimate of drug-likeness (QED) is 0.794. The molecule has 0 aliphatic carbocycles. The third kappa shape index (κ3) is 2.78. The number of hydrogen-bond donors (Lipinski definition) is 0. The Hall–Kier alpha value is -0.900. The Morgan fingerprint density at radius 2 is 2.27 bits per heavy atom. The van der Waals surface area contributed by atoms with Gasteiger partial charge in [0, 0.05) is 5.69 Å². The van der Waals surface area contributed by atoms with E-state index < -0.39 is 5.97 Å². The lowest BCUT2D eigenvalue weighted by Crippen LogP contribution is -2.08. The summed E-state index contributed by atoms with van der Waals surface area (Å²) in [6.45, 7) is 4.02. The van der Waals surface area contributed by atoms with Gasteiger partial charge in [0.05, 0.1) is 11.6 Å². The van der Waals surface area contributed by atoms with Crippen molar-refractivity contribution in [2.24, 2.45) is 0 Å². The van der Waals surface area contributed by atoms with Crippen LogP contribution < -0.4 is 0 Å². The predicted molar refractivity (Wildman–Crippen MR) is 62.0 cm³/mol. The van der Waals surface area contributed by atoms with Crippen LogP contribution in [0.5, 0.6) is 0 Å². The molecule has 4 heteroatoms. The number of halogens is 1. The summed E-state index contributed by atoms with van der Waals surface area (Å²) >= 11 is 3.33. The van der Waals surface area contributed by atoms with Gasteiger partial charge in [-0.3, -0.25) is 0 Å². The molecule has 0 aliphatic heterocycles. The van der Waals surface area contributed by atoms with E-state index in [0.29, 0.717) is 10.2 Å². The SMILES string of the molecule is CCCc1cc(Br)c(C(=O)OC)nc1C. The molecule has 1 aromatic heterocycles. The van der Waals surface area contributed by atoms with Crippen LogP contribution in [0.4, 0.5) is 0 Å². The van der Waals surface area contributed by atoms with Crippen molar-refractivity contribution in [1.29, 1.82) is 0 Å². The Morgan fingerprint density at radius 3 is 2.80 bits per heavy atom. The summed E-state index contributed by atoms with van der Waals surface area (Å²) in [7, 11) is 1.35. The predicted octanol–water partition coefficient (Wildman–Crippen LogP) is 2.89. The maximum atomic E-state index is 11.3. The first kappa shape index (κ1) is 12.2. The molecule has 3 nitrogen and oxygen atoms in total. The number of aryl methyl sites for hydroxylation is 2. The summed E-state index contributed by atoms with van der Waals surface area (Å²) in [6.07, 6.45) is 2.03. The van der Waals surface area contributed by atoms with Gasteiger partial charge in [0.1, 0.15) is 0 Å². The molecule has 82 valence electrons. The van der Waals surface area contributed by atoms with Gasteiger partial charge in [-0.15, -0.1) is 0 Å². The van der Waals surface area contributed by atoms with Gasteiger partial charge in [0.2, 0.25) is 0 Å². The summed E-state index contributed by atoms with van der Waals surface area (Å²) in [4.78, 5) is 15.6. The fraction of sp³-hybridized carbons (Fsp3) is 0.455. The van der Waals surface area contributed by atoms with Gasteiger partial charge in [-0.25, -0.2) is 9.78 Å². The molecule has 1 aromatic rings. The van der Waals surface area contributed by atoms with E-state index in [2.05, 4.69) is 32.6 Å². The van der Waals surface area contributed by atoms with Crippen LogP contribution in [0.2, 0.25) is 0 Å². The number of methoxy groups -OCH3 is 1. The van der Waals surface area contributed by atoms with Crippen LogP contribution in [0.3, 0.4) is 0 Å². The largest absolute Gasteiger partial charge is 0.464 e. The zero-order valence-corrected chi connectivity index (χ0v) is 10.7. The molecule has 0 N–H and O–H groups in total. The fourth-order valence-corrected chi connectivity index (χ4v) is 1.91. The Labute approximate surface area is 98.0 Å². The van der Waals surface area contributed by atoms with Crippen LogP contribution in [0, 0.1) is 6.92 Å². The van der Waals surface area contributed by atoms with Crippen LogP contribution in [0.15, 0.2) is 10.5 Å². The van der Waals surface area contributed by atoms with E-state index in [9.17, 15) is 4.79 Å². The topological polar surface area (TPSA) is 39.2 Å². The molecule has 0 radical (unpaired) electrons. The molecule has 1 heterocycles. The molecule has 0 aliphatic rings. The van der Waals surface area contributed by atoms with E-state index in [1.807, 2.05) is 13.0 Å². The first-order valence-electron chi connectivity index (χ1n) is 4.84. The molecule has 0 aromatic carbocycles. The van der Waals surface area contributed by atoms with Crippen molar-refractivity contribution < 1.29 is 9.53 Å². The molecule has 0 saturated carbocycles. The fourth-order valence-electron chi connectivity index (χ4n) is 1.38. The second kappa shape index (κ2) is 5.26. The lowest BCUT2D eigenvalue weighted by molar-refractivity contribution is 0.0592. The highest BCUT2D eigenvalue weighted by Gasteiger charge is 2.14. The third-order valence-corrected chi connectivity index (χ3v) is 2.77. The molecule has 0 spiro atoms. The molecule has 1 rings (SSSR count). The van der Waals surface area contributed by atoms with Gasteiger partial charge in [-0.2, -0.15) is 0 Å². The summed E-state index contributed by atoms with van der Waals surface area (Å²) in [5.74, 6) is -0.409. The highest BCUT2D eigenvalue weighted by atomic mass is 79.9. The Morgan fingerprint density at radius 1 is 1.60 bits per heavy atom. The van der Waals surface area contributed by atoms with Crippen molar-refractivity contribution >= 4 is 21.9 Å². The second-order valence-electron chi connectivity index (χ2n) is 3.30. The van der Waals surface area contributed by atoms with Gasteiger partial charge >= 0.3 is 5.97 Å². The van der Waals surface area contributed by atoms with Crippen LogP contribution in [-0.4, -0.2) is 18.1 Å². The van der Waals surface area contributed by atoms with Gasteiger partial charge < -0.3 is 4.74 Å². The average molecular weight is 272 g/mol. The highest BCUT2D eigenvalue weighted by Crippen LogP contribution is 2.20. The molecular formula is C11H14BrNO2.